The Hall–Kier alpha value is -3.01. The Labute approximate surface area is 201 Å². The van der Waals surface area contributed by atoms with Gasteiger partial charge in [-0.1, -0.05) is 29.3 Å². The molecule has 0 spiro atoms. The van der Waals surface area contributed by atoms with E-state index < -0.39 is 11.9 Å². The van der Waals surface area contributed by atoms with Gasteiger partial charge in [-0.25, -0.2) is 9.78 Å². The first kappa shape index (κ1) is 23.6. The first-order valence-electron chi connectivity index (χ1n) is 8.94. The summed E-state index contributed by atoms with van der Waals surface area (Å²) in [4.78, 5) is 28.9. The second-order valence-corrected chi connectivity index (χ2v) is 7.80. The molecule has 0 unspecified atom stereocenters. The van der Waals surface area contributed by atoms with Gasteiger partial charge >= 0.3 is 6.03 Å². The number of pyridine rings is 1. The highest BCUT2D eigenvalue weighted by Crippen LogP contribution is 2.36. The maximum Gasteiger partial charge on any atom is 0.326 e. The molecule has 3 rings (SSSR count). The average Bonchev–Trinajstić information content (AvgIpc) is 2.77. The fourth-order valence-electron chi connectivity index (χ4n) is 2.61. The summed E-state index contributed by atoms with van der Waals surface area (Å²) in [6.07, 6.45) is 1.36. The number of halogens is 3. The largest absolute Gasteiger partial charge is 0.496 e. The summed E-state index contributed by atoms with van der Waals surface area (Å²) in [5, 5.41) is 5.50. The normalized spacial score (nSPS) is 10.3. The number of rotatable bonds is 6. The molecule has 11 heteroatoms. The van der Waals surface area contributed by atoms with Crippen LogP contribution in [0.1, 0.15) is 10.4 Å². The van der Waals surface area contributed by atoms with Gasteiger partial charge in [-0.05, 0) is 40.2 Å². The number of hydrogen-bond donors (Lipinski definition) is 2. The molecule has 32 heavy (non-hydrogen) atoms. The van der Waals surface area contributed by atoms with Crippen LogP contribution in [0.15, 0.2) is 53.1 Å². The highest BCUT2D eigenvalue weighted by Gasteiger charge is 2.20. The molecule has 1 aromatic heterocycles. The summed E-state index contributed by atoms with van der Waals surface area (Å²) < 4.78 is 16.6. The molecule has 0 bridgehead atoms. The third kappa shape index (κ3) is 5.61. The van der Waals surface area contributed by atoms with Gasteiger partial charge in [0.25, 0.3) is 5.91 Å². The minimum absolute atomic E-state index is 0.0968. The molecule has 0 aliphatic heterocycles. The van der Waals surface area contributed by atoms with Crippen molar-refractivity contribution in [2.24, 2.45) is 0 Å². The number of nitrogens with one attached hydrogen (secondary N) is 2. The molecule has 8 nitrogen and oxygen atoms in total. The number of carbonyl (C=O) groups excluding carboxylic acids is 2. The van der Waals surface area contributed by atoms with Crippen LogP contribution in [0.4, 0.5) is 10.5 Å². The maximum atomic E-state index is 12.6. The molecule has 0 radical (unpaired) electrons. The predicted octanol–water partition coefficient (Wildman–Crippen LogP) is 5.92. The molecule has 0 aliphatic rings. The van der Waals surface area contributed by atoms with E-state index in [0.29, 0.717) is 26.0 Å². The summed E-state index contributed by atoms with van der Waals surface area (Å²) in [6.45, 7) is 0. The third-order valence-electron chi connectivity index (χ3n) is 4.07. The van der Waals surface area contributed by atoms with E-state index in [2.05, 4.69) is 31.5 Å². The van der Waals surface area contributed by atoms with E-state index in [1.54, 1.807) is 36.4 Å². The summed E-state index contributed by atoms with van der Waals surface area (Å²) >= 11 is 15.5. The molecule has 0 saturated carbocycles. The van der Waals surface area contributed by atoms with Crippen molar-refractivity contribution < 1.29 is 23.8 Å². The second kappa shape index (κ2) is 10.5. The Balaban J connectivity index is 1.65. The molecule has 0 aliphatic carbocycles. The minimum atomic E-state index is -0.763. The molecule has 0 saturated heterocycles. The van der Waals surface area contributed by atoms with E-state index in [9.17, 15) is 9.59 Å². The summed E-state index contributed by atoms with van der Waals surface area (Å²) in [5.41, 5.74) is 0.425. The molecular formula is C21H16BrCl2N3O5. The van der Waals surface area contributed by atoms with Crippen LogP contribution in [0.25, 0.3) is 0 Å². The fourth-order valence-corrected chi connectivity index (χ4v) is 3.44. The lowest BCUT2D eigenvalue weighted by Gasteiger charge is -2.13. The average molecular weight is 541 g/mol. The molecule has 2 aromatic carbocycles. The number of imide groups is 1. The summed E-state index contributed by atoms with van der Waals surface area (Å²) in [7, 11) is 2.83. The summed E-state index contributed by atoms with van der Waals surface area (Å²) in [6, 6.07) is 10.3. The number of benzene rings is 2. The number of methoxy groups -OCH3 is 2. The van der Waals surface area contributed by atoms with Crippen molar-refractivity contribution in [3.8, 4) is 23.1 Å². The van der Waals surface area contributed by atoms with Crippen LogP contribution in [0.5, 0.6) is 23.1 Å². The number of anilines is 1. The van der Waals surface area contributed by atoms with Crippen LogP contribution in [0.2, 0.25) is 10.0 Å². The van der Waals surface area contributed by atoms with Gasteiger partial charge in [0.05, 0.1) is 36.1 Å². The van der Waals surface area contributed by atoms with E-state index in [-0.39, 0.29) is 22.9 Å². The second-order valence-electron chi connectivity index (χ2n) is 6.13. The van der Waals surface area contributed by atoms with E-state index in [1.807, 2.05) is 0 Å². The zero-order valence-electron chi connectivity index (χ0n) is 16.7. The van der Waals surface area contributed by atoms with Gasteiger partial charge in [0.2, 0.25) is 5.88 Å². The molecule has 2 N–H and O–H groups in total. The Kier molecular flexibility index (Phi) is 7.79. The Morgan fingerprint density at radius 3 is 2.25 bits per heavy atom. The molecule has 3 aromatic rings. The van der Waals surface area contributed by atoms with Gasteiger partial charge in [0.1, 0.15) is 22.8 Å². The van der Waals surface area contributed by atoms with Crippen molar-refractivity contribution in [2.45, 2.75) is 0 Å². The van der Waals surface area contributed by atoms with E-state index in [4.69, 9.17) is 37.4 Å². The number of amides is 3. The minimum Gasteiger partial charge on any atom is -0.496 e. The van der Waals surface area contributed by atoms with Crippen LogP contribution in [-0.2, 0) is 0 Å². The monoisotopic (exact) mass is 539 g/mol. The Morgan fingerprint density at radius 1 is 0.969 bits per heavy atom. The van der Waals surface area contributed by atoms with Crippen molar-refractivity contribution in [1.82, 2.24) is 10.3 Å². The van der Waals surface area contributed by atoms with E-state index in [0.717, 1.165) is 0 Å². The van der Waals surface area contributed by atoms with Crippen molar-refractivity contribution in [3.63, 3.8) is 0 Å². The Bertz CT molecular complexity index is 1140. The standard InChI is InChI=1S/C21H16BrCl2N3O5/c1-30-15-4-3-5-16(31-2)19(15)20(28)27-21(29)26-11-6-7-18(25-10-11)32-17-9-13(23)12(22)8-14(17)24/h3-10H,1-2H3,(H2,26,27,28,29). The number of carbonyl (C=O) groups is 2. The zero-order valence-corrected chi connectivity index (χ0v) is 19.8. The Morgan fingerprint density at radius 2 is 1.66 bits per heavy atom. The summed E-state index contributed by atoms with van der Waals surface area (Å²) in [5.74, 6) is 0.397. The van der Waals surface area contributed by atoms with Crippen molar-refractivity contribution in [1.29, 1.82) is 0 Å². The number of aromatic nitrogens is 1. The van der Waals surface area contributed by atoms with Crippen LogP contribution in [0, 0.1) is 0 Å². The highest BCUT2D eigenvalue weighted by molar-refractivity contribution is 9.10. The maximum absolute atomic E-state index is 12.6. The van der Waals surface area contributed by atoms with Crippen LogP contribution in [-0.4, -0.2) is 31.1 Å². The SMILES string of the molecule is COc1cccc(OC)c1C(=O)NC(=O)Nc1ccc(Oc2cc(Cl)c(Br)cc2Cl)nc1. The first-order valence-corrected chi connectivity index (χ1v) is 10.5. The number of urea groups is 1. The van der Waals surface area contributed by atoms with Gasteiger partial charge in [0.15, 0.2) is 0 Å². The fraction of sp³-hybridized carbons (Fsp3) is 0.0952. The van der Waals surface area contributed by atoms with E-state index >= 15 is 0 Å². The van der Waals surface area contributed by atoms with Crippen LogP contribution >= 0.6 is 39.1 Å². The number of hydrogen-bond acceptors (Lipinski definition) is 6. The lowest BCUT2D eigenvalue weighted by Crippen LogP contribution is -2.34. The topological polar surface area (TPSA) is 98.8 Å². The van der Waals surface area contributed by atoms with Crippen molar-refractivity contribution >= 4 is 56.8 Å². The lowest BCUT2D eigenvalue weighted by molar-refractivity contribution is 0.0961. The first-order chi connectivity index (χ1) is 15.3. The quantitative estimate of drug-likeness (QED) is 0.376. The van der Waals surface area contributed by atoms with Gasteiger partial charge in [-0.3, -0.25) is 10.1 Å². The molecular weight excluding hydrogens is 525 g/mol. The third-order valence-corrected chi connectivity index (χ3v) is 5.56. The zero-order chi connectivity index (χ0) is 23.3. The molecule has 0 fully saturated rings. The van der Waals surface area contributed by atoms with E-state index in [1.165, 1.54) is 26.5 Å². The van der Waals surface area contributed by atoms with Crippen molar-refractivity contribution in [2.75, 3.05) is 19.5 Å². The predicted molar refractivity (Wildman–Crippen MR) is 125 cm³/mol. The molecule has 3 amide bonds. The number of nitrogens with zero attached hydrogens (tertiary/aromatic N) is 1. The van der Waals surface area contributed by atoms with Gasteiger partial charge < -0.3 is 19.5 Å². The van der Waals surface area contributed by atoms with Gasteiger partial charge in [-0.2, -0.15) is 0 Å². The smallest absolute Gasteiger partial charge is 0.326 e. The van der Waals surface area contributed by atoms with Gasteiger partial charge in [-0.15, -0.1) is 0 Å². The highest BCUT2D eigenvalue weighted by atomic mass is 79.9. The molecule has 1 heterocycles. The number of ether oxygens (including phenoxy) is 3. The van der Waals surface area contributed by atoms with Crippen molar-refractivity contribution in [3.05, 3.63) is 68.7 Å². The molecule has 166 valence electrons. The molecule has 0 atom stereocenters. The van der Waals surface area contributed by atoms with Crippen LogP contribution < -0.4 is 24.8 Å². The van der Waals surface area contributed by atoms with Gasteiger partial charge in [0, 0.05) is 16.6 Å². The van der Waals surface area contributed by atoms with Crippen LogP contribution in [0.3, 0.4) is 0 Å². The lowest BCUT2D eigenvalue weighted by atomic mass is 10.1.